The van der Waals surface area contributed by atoms with Crippen molar-refractivity contribution in [1.29, 1.82) is 0 Å². The van der Waals surface area contributed by atoms with E-state index in [1.807, 2.05) is 49.4 Å². The van der Waals surface area contributed by atoms with Gasteiger partial charge in [-0.05, 0) is 43.2 Å². The first-order valence-electron chi connectivity index (χ1n) is 7.83. The summed E-state index contributed by atoms with van der Waals surface area (Å²) >= 11 is 3.34. The molecule has 0 spiro atoms. The van der Waals surface area contributed by atoms with E-state index in [1.54, 1.807) is 19.1 Å². The van der Waals surface area contributed by atoms with E-state index in [0.717, 1.165) is 10.0 Å². The lowest BCUT2D eigenvalue weighted by molar-refractivity contribution is -0.154. The topological polar surface area (TPSA) is 55.4 Å². The fourth-order valence-corrected chi connectivity index (χ4v) is 2.58. The van der Waals surface area contributed by atoms with Gasteiger partial charge in [0.2, 0.25) is 0 Å². The van der Waals surface area contributed by atoms with Gasteiger partial charge in [0.05, 0.1) is 5.92 Å². The Labute approximate surface area is 150 Å². The zero-order valence-corrected chi connectivity index (χ0v) is 15.2. The van der Waals surface area contributed by atoms with Crippen molar-refractivity contribution in [3.8, 4) is 0 Å². The number of benzene rings is 2. The Balaban J connectivity index is 1.97. The molecule has 0 aliphatic heterocycles. The summed E-state index contributed by atoms with van der Waals surface area (Å²) in [6.07, 6.45) is -0.247. The van der Waals surface area contributed by atoms with Gasteiger partial charge in [0.15, 0.2) is 6.10 Å². The van der Waals surface area contributed by atoms with E-state index < -0.39 is 6.10 Å². The third-order valence-electron chi connectivity index (χ3n) is 3.67. The molecule has 0 unspecified atom stereocenters. The highest BCUT2D eigenvalue weighted by Crippen LogP contribution is 2.22. The van der Waals surface area contributed by atoms with Crippen LogP contribution in [0.4, 0.5) is 5.69 Å². The van der Waals surface area contributed by atoms with Crippen molar-refractivity contribution in [3.05, 3.63) is 64.6 Å². The molecule has 2 atom stereocenters. The maximum absolute atomic E-state index is 12.4. The van der Waals surface area contributed by atoms with Gasteiger partial charge < -0.3 is 10.1 Å². The molecule has 0 aliphatic carbocycles. The van der Waals surface area contributed by atoms with Gasteiger partial charge in [-0.15, -0.1) is 0 Å². The van der Waals surface area contributed by atoms with Crippen LogP contribution in [0.2, 0.25) is 0 Å². The molecule has 0 aliphatic rings. The van der Waals surface area contributed by atoms with Crippen LogP contribution in [0.5, 0.6) is 0 Å². The second kappa shape index (κ2) is 8.64. The van der Waals surface area contributed by atoms with Crippen LogP contribution in [-0.4, -0.2) is 18.0 Å². The van der Waals surface area contributed by atoms with Crippen molar-refractivity contribution in [2.24, 2.45) is 0 Å². The number of carbonyl (C=O) groups is 2. The summed E-state index contributed by atoms with van der Waals surface area (Å²) in [4.78, 5) is 24.6. The summed E-state index contributed by atoms with van der Waals surface area (Å²) in [5, 5.41) is 2.73. The minimum atomic E-state index is -0.862. The normalized spacial score (nSPS) is 13.0. The van der Waals surface area contributed by atoms with E-state index in [2.05, 4.69) is 21.2 Å². The average molecular weight is 390 g/mol. The van der Waals surface area contributed by atoms with Gasteiger partial charge in [-0.2, -0.15) is 0 Å². The highest BCUT2D eigenvalue weighted by Gasteiger charge is 2.25. The van der Waals surface area contributed by atoms with Gasteiger partial charge in [0.1, 0.15) is 0 Å². The first-order valence-corrected chi connectivity index (χ1v) is 8.62. The van der Waals surface area contributed by atoms with E-state index in [4.69, 9.17) is 4.74 Å². The maximum Gasteiger partial charge on any atom is 0.314 e. The number of nitrogens with one attached hydrogen (secondary N) is 1. The highest BCUT2D eigenvalue weighted by molar-refractivity contribution is 9.10. The summed E-state index contributed by atoms with van der Waals surface area (Å²) in [5.41, 5.74) is 1.55. The van der Waals surface area contributed by atoms with Gasteiger partial charge >= 0.3 is 5.97 Å². The quantitative estimate of drug-likeness (QED) is 0.739. The Kier molecular flexibility index (Phi) is 6.55. The van der Waals surface area contributed by atoms with Crippen molar-refractivity contribution < 1.29 is 14.3 Å². The Morgan fingerprint density at radius 3 is 2.29 bits per heavy atom. The van der Waals surface area contributed by atoms with E-state index >= 15 is 0 Å². The van der Waals surface area contributed by atoms with Crippen LogP contribution in [0.25, 0.3) is 0 Å². The third kappa shape index (κ3) is 4.93. The van der Waals surface area contributed by atoms with E-state index in [0.29, 0.717) is 12.1 Å². The van der Waals surface area contributed by atoms with Crippen LogP contribution in [0.1, 0.15) is 31.7 Å². The van der Waals surface area contributed by atoms with Gasteiger partial charge in [0, 0.05) is 10.2 Å². The second-order valence-corrected chi connectivity index (χ2v) is 6.36. The average Bonchev–Trinajstić information content (AvgIpc) is 2.58. The molecular weight excluding hydrogens is 370 g/mol. The molecule has 0 aromatic heterocycles. The largest absolute Gasteiger partial charge is 0.452 e. The maximum atomic E-state index is 12.4. The molecule has 0 radical (unpaired) electrons. The van der Waals surface area contributed by atoms with Gasteiger partial charge in [-0.1, -0.05) is 53.2 Å². The first kappa shape index (κ1) is 18.2. The lowest BCUT2D eigenvalue weighted by atomic mass is 9.97. The summed E-state index contributed by atoms with van der Waals surface area (Å²) < 4.78 is 6.28. The summed E-state index contributed by atoms with van der Waals surface area (Å²) in [6, 6.07) is 16.7. The van der Waals surface area contributed by atoms with Crippen LogP contribution in [0.15, 0.2) is 59.1 Å². The summed E-state index contributed by atoms with van der Waals surface area (Å²) in [6.45, 7) is 3.50. The third-order valence-corrected chi connectivity index (χ3v) is 4.20. The van der Waals surface area contributed by atoms with Crippen molar-refractivity contribution in [1.82, 2.24) is 0 Å². The zero-order chi connectivity index (χ0) is 17.5. The molecular formula is C19H20BrNO3. The number of ether oxygens (including phenoxy) is 1. The van der Waals surface area contributed by atoms with Crippen LogP contribution in [0.3, 0.4) is 0 Å². The molecule has 1 N–H and O–H groups in total. The number of halogens is 1. The molecule has 0 fully saturated rings. The molecule has 1 amide bonds. The van der Waals surface area contributed by atoms with Crippen LogP contribution < -0.4 is 5.32 Å². The van der Waals surface area contributed by atoms with Crippen molar-refractivity contribution in [2.45, 2.75) is 32.3 Å². The Bertz CT molecular complexity index is 686. The Morgan fingerprint density at radius 1 is 1.08 bits per heavy atom. The number of esters is 1. The summed E-state index contributed by atoms with van der Waals surface area (Å²) in [7, 11) is 0. The van der Waals surface area contributed by atoms with E-state index in [1.165, 1.54) is 0 Å². The molecule has 2 aromatic carbocycles. The SMILES string of the molecule is CC[C@@H](C(=O)O[C@H](C)C(=O)Nc1ccc(Br)cc1)c1ccccc1. The van der Waals surface area contributed by atoms with Gasteiger partial charge in [-0.25, -0.2) is 0 Å². The molecule has 24 heavy (non-hydrogen) atoms. The Hall–Kier alpha value is -2.14. The van der Waals surface area contributed by atoms with Crippen LogP contribution in [-0.2, 0) is 14.3 Å². The van der Waals surface area contributed by atoms with Crippen LogP contribution in [0, 0.1) is 0 Å². The van der Waals surface area contributed by atoms with Gasteiger partial charge in [-0.3, -0.25) is 9.59 Å². The molecule has 0 heterocycles. The molecule has 4 nitrogen and oxygen atoms in total. The molecule has 2 rings (SSSR count). The summed E-state index contributed by atoms with van der Waals surface area (Å²) in [5.74, 6) is -1.11. The second-order valence-electron chi connectivity index (χ2n) is 5.45. The standard InChI is InChI=1S/C19H20BrNO3/c1-3-17(14-7-5-4-6-8-14)19(23)24-13(2)18(22)21-16-11-9-15(20)10-12-16/h4-13,17H,3H2,1-2H3,(H,21,22)/t13-,17-/m1/s1. The molecule has 0 saturated heterocycles. The first-order chi connectivity index (χ1) is 11.5. The molecule has 2 aromatic rings. The molecule has 0 saturated carbocycles. The number of anilines is 1. The van der Waals surface area contributed by atoms with E-state index in [-0.39, 0.29) is 17.8 Å². The minimum Gasteiger partial charge on any atom is -0.452 e. The Morgan fingerprint density at radius 2 is 1.71 bits per heavy atom. The predicted octanol–water partition coefficient (Wildman–Crippen LogP) is 4.51. The predicted molar refractivity (Wildman–Crippen MR) is 97.8 cm³/mol. The lowest BCUT2D eigenvalue weighted by Gasteiger charge is -2.18. The number of carbonyl (C=O) groups excluding carboxylic acids is 2. The monoisotopic (exact) mass is 389 g/mol. The number of amides is 1. The molecule has 5 heteroatoms. The molecule has 0 bridgehead atoms. The van der Waals surface area contributed by atoms with Crippen molar-refractivity contribution >= 4 is 33.5 Å². The number of hydrogen-bond donors (Lipinski definition) is 1. The van der Waals surface area contributed by atoms with Crippen LogP contribution >= 0.6 is 15.9 Å². The number of hydrogen-bond acceptors (Lipinski definition) is 3. The fourth-order valence-electron chi connectivity index (χ4n) is 2.31. The highest BCUT2D eigenvalue weighted by atomic mass is 79.9. The van der Waals surface area contributed by atoms with Crippen molar-refractivity contribution in [3.63, 3.8) is 0 Å². The number of rotatable bonds is 6. The van der Waals surface area contributed by atoms with Crippen molar-refractivity contribution in [2.75, 3.05) is 5.32 Å². The lowest BCUT2D eigenvalue weighted by Crippen LogP contribution is -2.31. The fraction of sp³-hybridized carbons (Fsp3) is 0.263. The van der Waals surface area contributed by atoms with Gasteiger partial charge in [0.25, 0.3) is 5.91 Å². The molecule has 126 valence electrons. The smallest absolute Gasteiger partial charge is 0.314 e. The van der Waals surface area contributed by atoms with E-state index in [9.17, 15) is 9.59 Å². The minimum absolute atomic E-state index is 0.353. The zero-order valence-electron chi connectivity index (χ0n) is 13.7.